The molecule has 0 aliphatic carbocycles. The van der Waals surface area contributed by atoms with Crippen molar-refractivity contribution < 1.29 is 35.9 Å². The van der Waals surface area contributed by atoms with Crippen LogP contribution in [-0.2, 0) is 4.74 Å². The molecule has 0 spiro atoms. The first kappa shape index (κ1) is 21.1. The van der Waals surface area contributed by atoms with E-state index in [-0.39, 0.29) is 12.1 Å². The highest BCUT2D eigenvalue weighted by molar-refractivity contribution is 7.22. The zero-order valence-corrected chi connectivity index (χ0v) is 14.7. The minimum atomic E-state index is -5.92. The van der Waals surface area contributed by atoms with Crippen LogP contribution in [0.3, 0.4) is 0 Å². The van der Waals surface area contributed by atoms with Crippen LogP contribution >= 0.6 is 11.3 Å². The Balaban J connectivity index is 2.39. The summed E-state index contributed by atoms with van der Waals surface area (Å²) < 4.78 is 85.7. The Labute approximate surface area is 153 Å². The van der Waals surface area contributed by atoms with Crippen molar-refractivity contribution >= 4 is 32.8 Å². The van der Waals surface area contributed by atoms with Gasteiger partial charge in [-0.1, -0.05) is 36.8 Å². The van der Waals surface area contributed by atoms with E-state index in [1.807, 2.05) is 0 Å². The average Bonchev–Trinajstić information content (AvgIpc) is 2.94. The smallest absolute Gasteiger partial charge is 0.439 e. The van der Waals surface area contributed by atoms with Crippen molar-refractivity contribution in [2.75, 3.05) is 11.9 Å². The van der Waals surface area contributed by atoms with Gasteiger partial charge in [-0.3, -0.25) is 5.32 Å². The molecule has 5 nitrogen and oxygen atoms in total. The highest BCUT2D eigenvalue weighted by atomic mass is 32.1. The number of benzene rings is 1. The van der Waals surface area contributed by atoms with Gasteiger partial charge in [0.05, 0.1) is 16.8 Å². The standard InChI is InChI=1S/C15H15F6N3O2S/c1-2-3-8-26-12(25)24-13(14(16,17)18,15(19,20)21)23-11-22-9-6-4-5-7-10(9)27-11/h4-7H,2-3,8H2,1H3,(H,22,23)(H,24,25). The van der Waals surface area contributed by atoms with Crippen molar-refractivity contribution in [3.8, 4) is 0 Å². The molecule has 1 amide bonds. The van der Waals surface area contributed by atoms with Crippen LogP contribution in [0.1, 0.15) is 19.8 Å². The van der Waals surface area contributed by atoms with Crippen molar-refractivity contribution in [2.45, 2.75) is 37.8 Å². The number of thiazole rings is 1. The number of hydrogen-bond donors (Lipinski definition) is 2. The number of halogens is 6. The second kappa shape index (κ2) is 7.79. The Hall–Kier alpha value is -2.24. The normalized spacial score (nSPS) is 12.9. The molecule has 0 atom stereocenters. The summed E-state index contributed by atoms with van der Waals surface area (Å²) in [5.41, 5.74) is -4.54. The summed E-state index contributed by atoms with van der Waals surface area (Å²) in [7, 11) is 0. The first-order valence-electron chi connectivity index (χ1n) is 7.72. The predicted octanol–water partition coefficient (Wildman–Crippen LogP) is 5.06. The van der Waals surface area contributed by atoms with Gasteiger partial charge >= 0.3 is 24.1 Å². The number of alkyl carbamates (subject to hydrolysis) is 1. The van der Waals surface area contributed by atoms with Gasteiger partial charge in [0.2, 0.25) is 0 Å². The summed E-state index contributed by atoms with van der Waals surface area (Å²) in [5.74, 6) is 0. The lowest BCUT2D eigenvalue weighted by Crippen LogP contribution is -2.72. The molecule has 0 saturated carbocycles. The lowest BCUT2D eigenvalue weighted by atomic mass is 10.1. The maximum Gasteiger partial charge on any atom is 0.439 e. The second-order valence-electron chi connectivity index (χ2n) is 5.47. The number of carbonyl (C=O) groups is 1. The zero-order valence-electron chi connectivity index (χ0n) is 13.9. The van der Waals surface area contributed by atoms with E-state index in [0.717, 1.165) is 5.32 Å². The number of alkyl halides is 6. The number of amides is 1. The third-order valence-corrected chi connectivity index (χ3v) is 4.41. The number of para-hydroxylation sites is 1. The summed E-state index contributed by atoms with van der Waals surface area (Å²) in [6.45, 7) is 1.40. The van der Waals surface area contributed by atoms with Gasteiger partial charge in [0, 0.05) is 0 Å². The van der Waals surface area contributed by atoms with Crippen LogP contribution in [0, 0.1) is 0 Å². The number of nitrogens with zero attached hydrogens (tertiary/aromatic N) is 1. The number of ether oxygens (including phenoxy) is 1. The van der Waals surface area contributed by atoms with E-state index in [9.17, 15) is 31.1 Å². The van der Waals surface area contributed by atoms with E-state index in [0.29, 0.717) is 28.9 Å². The number of unbranched alkanes of at least 4 members (excludes halogenated alkanes) is 1. The fraction of sp³-hybridized carbons (Fsp3) is 0.467. The fourth-order valence-electron chi connectivity index (χ4n) is 2.06. The van der Waals surface area contributed by atoms with Crippen LogP contribution in [0.25, 0.3) is 10.2 Å². The number of nitrogens with one attached hydrogen (secondary N) is 2. The average molecular weight is 415 g/mol. The molecule has 0 aliphatic rings. The van der Waals surface area contributed by atoms with E-state index in [2.05, 4.69) is 9.72 Å². The first-order chi connectivity index (χ1) is 12.5. The molecule has 150 valence electrons. The van der Waals surface area contributed by atoms with Crippen LogP contribution in [0.5, 0.6) is 0 Å². The minimum absolute atomic E-state index is 0.216. The van der Waals surface area contributed by atoms with Gasteiger partial charge in [-0.25, -0.2) is 9.78 Å². The van der Waals surface area contributed by atoms with Gasteiger partial charge in [-0.2, -0.15) is 26.3 Å². The fourth-order valence-corrected chi connectivity index (χ4v) is 2.98. The van der Waals surface area contributed by atoms with E-state index < -0.39 is 29.2 Å². The zero-order chi connectivity index (χ0) is 20.3. The summed E-state index contributed by atoms with van der Waals surface area (Å²) in [6.07, 6.45) is -12.9. The molecular weight excluding hydrogens is 400 g/mol. The minimum Gasteiger partial charge on any atom is -0.450 e. The van der Waals surface area contributed by atoms with Crippen molar-refractivity contribution in [3.63, 3.8) is 0 Å². The lowest BCUT2D eigenvalue weighted by Gasteiger charge is -2.37. The molecule has 2 aromatic rings. The van der Waals surface area contributed by atoms with Gasteiger partial charge in [-0.05, 0) is 18.6 Å². The molecule has 27 heavy (non-hydrogen) atoms. The lowest BCUT2D eigenvalue weighted by molar-refractivity contribution is -0.294. The molecule has 0 saturated heterocycles. The van der Waals surface area contributed by atoms with Gasteiger partial charge in [-0.15, -0.1) is 0 Å². The monoisotopic (exact) mass is 415 g/mol. The number of aromatic nitrogens is 1. The quantitative estimate of drug-likeness (QED) is 0.394. The van der Waals surface area contributed by atoms with Crippen molar-refractivity contribution in [3.05, 3.63) is 24.3 Å². The van der Waals surface area contributed by atoms with Gasteiger partial charge in [0.15, 0.2) is 5.13 Å². The highest BCUT2D eigenvalue weighted by Gasteiger charge is 2.73. The number of carbonyl (C=O) groups excluding carboxylic acids is 1. The van der Waals surface area contributed by atoms with E-state index in [4.69, 9.17) is 0 Å². The number of hydrogen-bond acceptors (Lipinski definition) is 5. The Morgan fingerprint density at radius 3 is 2.33 bits per heavy atom. The van der Waals surface area contributed by atoms with Gasteiger partial charge in [0.1, 0.15) is 0 Å². The molecule has 0 radical (unpaired) electrons. The number of rotatable bonds is 6. The maximum absolute atomic E-state index is 13.5. The van der Waals surface area contributed by atoms with Crippen LogP contribution in [0.2, 0.25) is 0 Å². The van der Waals surface area contributed by atoms with E-state index in [1.54, 1.807) is 13.0 Å². The molecule has 0 bridgehead atoms. The van der Waals surface area contributed by atoms with Crippen LogP contribution in [-0.4, -0.2) is 35.7 Å². The molecule has 0 unspecified atom stereocenters. The van der Waals surface area contributed by atoms with Gasteiger partial charge in [0.25, 0.3) is 0 Å². The van der Waals surface area contributed by atoms with Crippen molar-refractivity contribution in [2.24, 2.45) is 0 Å². The summed E-state index contributed by atoms with van der Waals surface area (Å²) >= 11 is 0.591. The molecule has 2 N–H and O–H groups in total. The summed E-state index contributed by atoms with van der Waals surface area (Å²) in [5, 5.41) is 1.58. The number of anilines is 1. The topological polar surface area (TPSA) is 63.2 Å². The molecule has 0 aliphatic heterocycles. The third-order valence-electron chi connectivity index (χ3n) is 3.46. The molecule has 1 aromatic carbocycles. The molecule has 12 heteroatoms. The Kier molecular flexibility index (Phi) is 6.07. The Morgan fingerprint density at radius 2 is 1.78 bits per heavy atom. The first-order valence-corrected chi connectivity index (χ1v) is 8.54. The summed E-state index contributed by atoms with van der Waals surface area (Å²) in [4.78, 5) is 15.3. The summed E-state index contributed by atoms with van der Waals surface area (Å²) in [6, 6.07) is 6.03. The van der Waals surface area contributed by atoms with Crippen LogP contribution in [0.15, 0.2) is 24.3 Å². The van der Waals surface area contributed by atoms with E-state index >= 15 is 0 Å². The molecular formula is C15H15F6N3O2S. The van der Waals surface area contributed by atoms with Crippen LogP contribution in [0.4, 0.5) is 36.3 Å². The predicted molar refractivity (Wildman–Crippen MR) is 87.5 cm³/mol. The Morgan fingerprint density at radius 1 is 1.15 bits per heavy atom. The second-order valence-corrected chi connectivity index (χ2v) is 6.50. The van der Waals surface area contributed by atoms with Gasteiger partial charge < -0.3 is 10.1 Å². The largest absolute Gasteiger partial charge is 0.450 e. The molecule has 0 fully saturated rings. The highest BCUT2D eigenvalue weighted by Crippen LogP contribution is 2.44. The van der Waals surface area contributed by atoms with Crippen LogP contribution < -0.4 is 10.6 Å². The SMILES string of the molecule is CCCCOC(=O)NC(Nc1nc2ccccc2s1)(C(F)(F)F)C(F)(F)F. The Bertz CT molecular complexity index is 743. The molecule has 1 heterocycles. The number of fused-ring (bicyclic) bond motifs is 1. The van der Waals surface area contributed by atoms with Crippen molar-refractivity contribution in [1.82, 2.24) is 10.3 Å². The van der Waals surface area contributed by atoms with E-state index in [1.165, 1.54) is 23.5 Å². The maximum atomic E-state index is 13.5. The third kappa shape index (κ3) is 4.54. The van der Waals surface area contributed by atoms with Crippen molar-refractivity contribution in [1.29, 1.82) is 0 Å². The molecule has 2 rings (SSSR count). The molecule has 1 aromatic heterocycles.